The third kappa shape index (κ3) is 2.68. The molecule has 2 heterocycles. The van der Waals surface area contributed by atoms with Crippen LogP contribution in [0, 0.1) is 0 Å². The van der Waals surface area contributed by atoms with Gasteiger partial charge in [-0.3, -0.25) is 4.98 Å². The second-order valence-corrected chi connectivity index (χ2v) is 5.23. The van der Waals surface area contributed by atoms with E-state index in [0.717, 1.165) is 17.2 Å². The first kappa shape index (κ1) is 12.4. The Morgan fingerprint density at radius 2 is 2.00 bits per heavy atom. The molecule has 0 aromatic carbocycles. The van der Waals surface area contributed by atoms with E-state index in [1.807, 2.05) is 30.6 Å². The van der Waals surface area contributed by atoms with Gasteiger partial charge in [-0.05, 0) is 44.9 Å². The molecule has 2 N–H and O–H groups in total. The zero-order valence-corrected chi connectivity index (χ0v) is 11.3. The van der Waals surface area contributed by atoms with Crippen LogP contribution in [0.5, 0.6) is 0 Å². The highest BCUT2D eigenvalue weighted by Gasteiger charge is 2.23. The topological polar surface area (TPSA) is 53.6 Å². The van der Waals surface area contributed by atoms with E-state index in [1.165, 1.54) is 25.7 Å². The van der Waals surface area contributed by atoms with Gasteiger partial charge >= 0.3 is 0 Å². The largest absolute Gasteiger partial charge is 0.341 e. The molecule has 1 fully saturated rings. The summed E-state index contributed by atoms with van der Waals surface area (Å²) >= 11 is 0. The minimum absolute atomic E-state index is 0.571. The van der Waals surface area contributed by atoms with Crippen molar-refractivity contribution in [3.8, 4) is 11.4 Å². The summed E-state index contributed by atoms with van der Waals surface area (Å²) < 4.78 is 0. The molecular weight excluding hydrogens is 236 g/mol. The summed E-state index contributed by atoms with van der Waals surface area (Å²) in [5, 5.41) is 3.37. The van der Waals surface area contributed by atoms with Gasteiger partial charge in [-0.25, -0.2) is 4.98 Å². The number of rotatable bonds is 3. The van der Waals surface area contributed by atoms with Crippen LogP contribution in [0.25, 0.3) is 11.4 Å². The first-order chi connectivity index (χ1) is 9.36. The summed E-state index contributed by atoms with van der Waals surface area (Å²) in [4.78, 5) is 12.3. The Hall–Kier alpha value is -1.68. The van der Waals surface area contributed by atoms with Crippen LogP contribution in [0.4, 0.5) is 0 Å². The maximum Gasteiger partial charge on any atom is 0.109 e. The van der Waals surface area contributed by atoms with E-state index in [4.69, 9.17) is 0 Å². The molecule has 0 atom stereocenters. The molecule has 2 aromatic rings. The van der Waals surface area contributed by atoms with Crippen LogP contribution < -0.4 is 5.32 Å². The lowest BCUT2D eigenvalue weighted by Crippen LogP contribution is -2.29. The molecule has 3 rings (SSSR count). The van der Waals surface area contributed by atoms with Crippen molar-refractivity contribution in [2.45, 2.75) is 37.6 Å². The fourth-order valence-corrected chi connectivity index (χ4v) is 2.85. The number of nitrogens with zero attached hydrogens (tertiary/aromatic N) is 2. The smallest absolute Gasteiger partial charge is 0.109 e. The lowest BCUT2D eigenvalue weighted by atomic mass is 9.86. The monoisotopic (exact) mass is 256 g/mol. The SMILES string of the molecule is CNC1CCC(c2ncc(-c3ccccn3)[nH]2)CC1. The number of hydrogen-bond acceptors (Lipinski definition) is 3. The number of imidazole rings is 1. The first-order valence-electron chi connectivity index (χ1n) is 7.00. The zero-order valence-electron chi connectivity index (χ0n) is 11.3. The predicted molar refractivity (Wildman–Crippen MR) is 75.9 cm³/mol. The Labute approximate surface area is 113 Å². The Morgan fingerprint density at radius 3 is 2.68 bits per heavy atom. The summed E-state index contributed by atoms with van der Waals surface area (Å²) in [6.07, 6.45) is 8.61. The molecule has 0 radical (unpaired) electrons. The van der Waals surface area contributed by atoms with Crippen LogP contribution in [0.15, 0.2) is 30.6 Å². The number of H-pyrrole nitrogens is 1. The van der Waals surface area contributed by atoms with Gasteiger partial charge in [0, 0.05) is 18.2 Å². The van der Waals surface area contributed by atoms with Crippen molar-refractivity contribution in [2.24, 2.45) is 0 Å². The number of nitrogens with one attached hydrogen (secondary N) is 2. The van der Waals surface area contributed by atoms with Gasteiger partial charge < -0.3 is 10.3 Å². The summed E-state index contributed by atoms with van der Waals surface area (Å²) in [7, 11) is 2.05. The first-order valence-corrected chi connectivity index (χ1v) is 7.00. The fraction of sp³-hybridized carbons (Fsp3) is 0.467. The van der Waals surface area contributed by atoms with Gasteiger partial charge in [0.05, 0.1) is 17.6 Å². The van der Waals surface area contributed by atoms with E-state index in [2.05, 4.69) is 27.3 Å². The molecule has 1 aliphatic carbocycles. The van der Waals surface area contributed by atoms with Gasteiger partial charge in [0.15, 0.2) is 0 Å². The molecular formula is C15H20N4. The van der Waals surface area contributed by atoms with Gasteiger partial charge in [0.2, 0.25) is 0 Å². The minimum atomic E-state index is 0.571. The molecule has 0 bridgehead atoms. The standard InChI is InChI=1S/C15H20N4/c1-16-12-7-5-11(6-8-12)15-18-10-14(19-15)13-4-2-3-9-17-13/h2-4,9-12,16H,5-8H2,1H3,(H,18,19). The van der Waals surface area contributed by atoms with Crippen molar-refractivity contribution in [3.63, 3.8) is 0 Å². The van der Waals surface area contributed by atoms with Crippen LogP contribution in [0.3, 0.4) is 0 Å². The van der Waals surface area contributed by atoms with E-state index >= 15 is 0 Å². The maximum atomic E-state index is 4.55. The Morgan fingerprint density at radius 1 is 1.16 bits per heavy atom. The summed E-state index contributed by atoms with van der Waals surface area (Å²) in [6.45, 7) is 0. The maximum absolute atomic E-state index is 4.55. The average molecular weight is 256 g/mol. The van der Waals surface area contributed by atoms with Crippen LogP contribution in [-0.2, 0) is 0 Å². The van der Waals surface area contributed by atoms with Crippen molar-refractivity contribution < 1.29 is 0 Å². The predicted octanol–water partition coefficient (Wildman–Crippen LogP) is 2.72. The highest BCUT2D eigenvalue weighted by Crippen LogP contribution is 2.31. The number of aromatic nitrogens is 3. The van der Waals surface area contributed by atoms with Gasteiger partial charge in [-0.15, -0.1) is 0 Å². The molecule has 1 aliphatic rings. The average Bonchev–Trinajstić information content (AvgIpc) is 2.98. The van der Waals surface area contributed by atoms with E-state index in [-0.39, 0.29) is 0 Å². The van der Waals surface area contributed by atoms with Gasteiger partial charge in [-0.1, -0.05) is 6.07 Å². The van der Waals surface area contributed by atoms with Crippen molar-refractivity contribution in [1.29, 1.82) is 0 Å². The van der Waals surface area contributed by atoms with E-state index in [0.29, 0.717) is 12.0 Å². The molecule has 4 heteroatoms. The van der Waals surface area contributed by atoms with Crippen molar-refractivity contribution in [2.75, 3.05) is 7.05 Å². The number of hydrogen-bond donors (Lipinski definition) is 2. The van der Waals surface area contributed by atoms with Crippen LogP contribution in [0.2, 0.25) is 0 Å². The Kier molecular flexibility index (Phi) is 3.60. The molecule has 0 spiro atoms. The summed E-state index contributed by atoms with van der Waals surface area (Å²) in [6, 6.07) is 6.62. The highest BCUT2D eigenvalue weighted by molar-refractivity contribution is 5.52. The molecule has 19 heavy (non-hydrogen) atoms. The van der Waals surface area contributed by atoms with E-state index < -0.39 is 0 Å². The van der Waals surface area contributed by atoms with Crippen LogP contribution in [0.1, 0.15) is 37.4 Å². The Bertz CT molecular complexity index is 512. The van der Waals surface area contributed by atoms with Crippen molar-refractivity contribution in [3.05, 3.63) is 36.4 Å². The van der Waals surface area contributed by atoms with E-state index in [9.17, 15) is 0 Å². The molecule has 0 unspecified atom stereocenters. The second-order valence-electron chi connectivity index (χ2n) is 5.23. The molecule has 4 nitrogen and oxygen atoms in total. The summed E-state index contributed by atoms with van der Waals surface area (Å²) in [5.41, 5.74) is 1.98. The summed E-state index contributed by atoms with van der Waals surface area (Å²) in [5.74, 6) is 1.69. The lowest BCUT2D eigenvalue weighted by molar-refractivity contribution is 0.351. The lowest BCUT2D eigenvalue weighted by Gasteiger charge is -2.26. The molecule has 0 aliphatic heterocycles. The highest BCUT2D eigenvalue weighted by atomic mass is 14.9. The Balaban J connectivity index is 1.72. The van der Waals surface area contributed by atoms with Crippen LogP contribution >= 0.6 is 0 Å². The van der Waals surface area contributed by atoms with Gasteiger partial charge in [0.1, 0.15) is 5.82 Å². The second kappa shape index (κ2) is 5.53. The fourth-order valence-electron chi connectivity index (χ4n) is 2.85. The zero-order chi connectivity index (χ0) is 13.1. The molecule has 1 saturated carbocycles. The molecule has 2 aromatic heterocycles. The molecule has 0 saturated heterocycles. The third-order valence-electron chi connectivity index (χ3n) is 4.06. The van der Waals surface area contributed by atoms with Gasteiger partial charge in [0.25, 0.3) is 0 Å². The van der Waals surface area contributed by atoms with E-state index in [1.54, 1.807) is 0 Å². The number of pyridine rings is 1. The molecule has 0 amide bonds. The van der Waals surface area contributed by atoms with Crippen LogP contribution in [-0.4, -0.2) is 28.0 Å². The van der Waals surface area contributed by atoms with Crippen molar-refractivity contribution in [1.82, 2.24) is 20.3 Å². The molecule has 100 valence electrons. The van der Waals surface area contributed by atoms with Gasteiger partial charge in [-0.2, -0.15) is 0 Å². The van der Waals surface area contributed by atoms with Crippen molar-refractivity contribution >= 4 is 0 Å². The normalized spacial score (nSPS) is 23.4. The minimum Gasteiger partial charge on any atom is -0.341 e. The quantitative estimate of drug-likeness (QED) is 0.887. The third-order valence-corrected chi connectivity index (χ3v) is 4.06. The number of aromatic amines is 1.